The quantitative estimate of drug-likeness (QED) is 0.406. The van der Waals surface area contributed by atoms with Crippen molar-refractivity contribution < 1.29 is 9.53 Å². The topological polar surface area (TPSA) is 29.5 Å². The van der Waals surface area contributed by atoms with Crippen LogP contribution in [0, 0.1) is 0 Å². The summed E-state index contributed by atoms with van der Waals surface area (Å²) in [6.45, 7) is 6.82. The molecule has 0 spiro atoms. The molecule has 0 N–H and O–H groups in total. The first kappa shape index (κ1) is 17.7. The first-order valence-corrected chi connectivity index (χ1v) is 9.39. The maximum atomic E-state index is 12.6. The second kappa shape index (κ2) is 7.85. The zero-order valence-electron chi connectivity index (χ0n) is 14.0. The predicted octanol–water partition coefficient (Wildman–Crippen LogP) is 5.02. The van der Waals surface area contributed by atoms with E-state index in [1.807, 2.05) is 36.4 Å². The number of fused-ring (bicyclic) bond motifs is 1. The molecule has 1 aliphatic rings. The van der Waals surface area contributed by atoms with E-state index >= 15 is 0 Å². The van der Waals surface area contributed by atoms with Crippen LogP contribution in [0.2, 0.25) is 0 Å². The Morgan fingerprint density at radius 3 is 2.84 bits per heavy atom. The molecule has 128 valence electrons. The average molecular weight is 370 g/mol. The van der Waals surface area contributed by atoms with Crippen LogP contribution >= 0.6 is 24.0 Å². The second-order valence-corrected chi connectivity index (χ2v) is 7.30. The summed E-state index contributed by atoms with van der Waals surface area (Å²) in [5.41, 5.74) is 0.922. The summed E-state index contributed by atoms with van der Waals surface area (Å²) in [6.07, 6.45) is 4.50. The number of benzene rings is 2. The maximum Gasteiger partial charge on any atom is 0.266 e. The summed E-state index contributed by atoms with van der Waals surface area (Å²) >= 11 is 6.65. The van der Waals surface area contributed by atoms with Crippen molar-refractivity contribution in [2.24, 2.45) is 0 Å². The Balaban J connectivity index is 2.09. The third kappa shape index (κ3) is 3.62. The number of carbonyl (C=O) groups is 1. The Kier molecular flexibility index (Phi) is 5.56. The van der Waals surface area contributed by atoms with Crippen molar-refractivity contribution in [3.8, 4) is 5.75 Å². The molecule has 5 heteroatoms. The molecule has 1 heterocycles. The van der Waals surface area contributed by atoms with E-state index in [2.05, 4.69) is 19.6 Å². The molecule has 1 amide bonds. The van der Waals surface area contributed by atoms with Crippen LogP contribution in [0.15, 0.2) is 54.0 Å². The van der Waals surface area contributed by atoms with Gasteiger partial charge in [0.1, 0.15) is 10.1 Å². The normalized spacial score (nSPS) is 16.0. The zero-order chi connectivity index (χ0) is 17.8. The Labute approximate surface area is 157 Å². The fourth-order valence-corrected chi connectivity index (χ4v) is 3.94. The highest BCUT2D eigenvalue weighted by Crippen LogP contribution is 2.36. The lowest BCUT2D eigenvalue weighted by Gasteiger charge is -2.12. The molecule has 2 aromatic carbocycles. The van der Waals surface area contributed by atoms with Gasteiger partial charge in [-0.3, -0.25) is 9.69 Å². The van der Waals surface area contributed by atoms with Crippen molar-refractivity contribution in [3.05, 3.63) is 59.5 Å². The number of rotatable bonds is 6. The standard InChI is InChI=1S/C20H19NO2S2/c1-3-11-21-19(22)18(25-20(21)24)13-16-15-8-6-5-7-14(15)9-10-17(16)23-12-4-2/h3,5-10,13H,1,4,11-12H2,2H3/b18-13-. The fraction of sp³-hybridized carbons (Fsp3) is 0.200. The van der Waals surface area contributed by atoms with Crippen LogP contribution in [0.5, 0.6) is 5.75 Å². The van der Waals surface area contributed by atoms with Crippen LogP contribution < -0.4 is 4.74 Å². The summed E-state index contributed by atoms with van der Waals surface area (Å²) in [7, 11) is 0. The molecule has 1 saturated heterocycles. The Morgan fingerprint density at radius 1 is 1.28 bits per heavy atom. The number of carbonyl (C=O) groups excluding carboxylic acids is 1. The lowest BCUT2D eigenvalue weighted by Crippen LogP contribution is -2.27. The largest absolute Gasteiger partial charge is 0.493 e. The highest BCUT2D eigenvalue weighted by atomic mass is 32.2. The molecule has 0 saturated carbocycles. The van der Waals surface area contributed by atoms with Gasteiger partial charge in [-0.2, -0.15) is 0 Å². The number of thioether (sulfide) groups is 1. The van der Waals surface area contributed by atoms with E-state index in [9.17, 15) is 4.79 Å². The van der Waals surface area contributed by atoms with Gasteiger partial charge in [0.05, 0.1) is 11.5 Å². The van der Waals surface area contributed by atoms with Crippen molar-refractivity contribution in [3.63, 3.8) is 0 Å². The van der Waals surface area contributed by atoms with E-state index < -0.39 is 0 Å². The number of hydrogen-bond donors (Lipinski definition) is 0. The number of hydrogen-bond acceptors (Lipinski definition) is 4. The SMILES string of the molecule is C=CCN1C(=O)/C(=C/c2c(OCCC)ccc3ccccc23)SC1=S. The van der Waals surface area contributed by atoms with Crippen molar-refractivity contribution in [2.45, 2.75) is 13.3 Å². The van der Waals surface area contributed by atoms with E-state index in [-0.39, 0.29) is 5.91 Å². The molecular weight excluding hydrogens is 350 g/mol. The van der Waals surface area contributed by atoms with E-state index in [0.29, 0.717) is 22.4 Å². The Morgan fingerprint density at radius 2 is 2.08 bits per heavy atom. The van der Waals surface area contributed by atoms with Crippen LogP contribution in [-0.2, 0) is 4.79 Å². The molecule has 0 unspecified atom stereocenters. The monoisotopic (exact) mass is 369 g/mol. The molecule has 1 aliphatic heterocycles. The minimum Gasteiger partial charge on any atom is -0.493 e. The third-order valence-electron chi connectivity index (χ3n) is 3.85. The summed E-state index contributed by atoms with van der Waals surface area (Å²) in [4.78, 5) is 14.8. The molecule has 0 radical (unpaired) electrons. The predicted molar refractivity (Wildman–Crippen MR) is 110 cm³/mol. The van der Waals surface area contributed by atoms with E-state index in [0.717, 1.165) is 28.5 Å². The molecule has 0 bridgehead atoms. The molecule has 3 rings (SSSR count). The van der Waals surface area contributed by atoms with Gasteiger partial charge < -0.3 is 4.74 Å². The minimum absolute atomic E-state index is 0.0794. The number of amides is 1. The van der Waals surface area contributed by atoms with Crippen LogP contribution in [0.25, 0.3) is 16.8 Å². The molecule has 2 aromatic rings. The Hall–Kier alpha value is -2.11. The van der Waals surface area contributed by atoms with Gasteiger partial charge in [0.15, 0.2) is 0 Å². The van der Waals surface area contributed by atoms with Crippen LogP contribution in [0.1, 0.15) is 18.9 Å². The van der Waals surface area contributed by atoms with Gasteiger partial charge in [0, 0.05) is 12.1 Å². The number of nitrogens with zero attached hydrogens (tertiary/aromatic N) is 1. The van der Waals surface area contributed by atoms with Gasteiger partial charge in [0.25, 0.3) is 5.91 Å². The smallest absolute Gasteiger partial charge is 0.266 e. The molecular formula is C20H19NO2S2. The van der Waals surface area contributed by atoms with E-state index in [1.165, 1.54) is 11.8 Å². The molecule has 0 atom stereocenters. The number of ether oxygens (including phenoxy) is 1. The third-order valence-corrected chi connectivity index (χ3v) is 5.23. The molecule has 25 heavy (non-hydrogen) atoms. The summed E-state index contributed by atoms with van der Waals surface area (Å²) < 4.78 is 6.48. The molecule has 3 nitrogen and oxygen atoms in total. The number of thiocarbonyl (C=S) groups is 1. The van der Waals surface area contributed by atoms with Gasteiger partial charge in [-0.15, -0.1) is 6.58 Å². The average Bonchev–Trinajstić information content (AvgIpc) is 2.89. The maximum absolute atomic E-state index is 12.6. The van der Waals surface area contributed by atoms with Crippen molar-refractivity contribution in [1.82, 2.24) is 4.90 Å². The molecule has 0 aromatic heterocycles. The van der Waals surface area contributed by atoms with Gasteiger partial charge >= 0.3 is 0 Å². The highest BCUT2D eigenvalue weighted by Gasteiger charge is 2.31. The minimum atomic E-state index is -0.0794. The van der Waals surface area contributed by atoms with Crippen LogP contribution in [0.4, 0.5) is 0 Å². The van der Waals surface area contributed by atoms with Crippen LogP contribution in [0.3, 0.4) is 0 Å². The van der Waals surface area contributed by atoms with Crippen molar-refractivity contribution in [2.75, 3.05) is 13.2 Å². The van der Waals surface area contributed by atoms with E-state index in [4.69, 9.17) is 17.0 Å². The lowest BCUT2D eigenvalue weighted by atomic mass is 10.0. The van der Waals surface area contributed by atoms with Gasteiger partial charge in [-0.1, -0.05) is 67.3 Å². The Bertz CT molecular complexity index is 873. The summed E-state index contributed by atoms with van der Waals surface area (Å²) in [6, 6.07) is 12.1. The zero-order valence-corrected chi connectivity index (χ0v) is 15.7. The van der Waals surface area contributed by atoms with Gasteiger partial charge in [0.2, 0.25) is 0 Å². The molecule has 0 aliphatic carbocycles. The van der Waals surface area contributed by atoms with Gasteiger partial charge in [-0.25, -0.2) is 0 Å². The van der Waals surface area contributed by atoms with E-state index in [1.54, 1.807) is 11.0 Å². The lowest BCUT2D eigenvalue weighted by molar-refractivity contribution is -0.121. The summed E-state index contributed by atoms with van der Waals surface area (Å²) in [5, 5.41) is 2.17. The second-order valence-electron chi connectivity index (χ2n) is 5.63. The first-order chi connectivity index (χ1) is 12.2. The van der Waals surface area contributed by atoms with Crippen molar-refractivity contribution >= 4 is 51.1 Å². The van der Waals surface area contributed by atoms with Crippen molar-refractivity contribution in [1.29, 1.82) is 0 Å². The first-order valence-electron chi connectivity index (χ1n) is 8.16. The van der Waals surface area contributed by atoms with Crippen LogP contribution in [-0.4, -0.2) is 28.3 Å². The highest BCUT2D eigenvalue weighted by molar-refractivity contribution is 8.26. The van der Waals surface area contributed by atoms with Gasteiger partial charge in [-0.05, 0) is 29.3 Å². The molecule has 1 fully saturated rings. The summed E-state index contributed by atoms with van der Waals surface area (Å²) in [5.74, 6) is 0.707. The fourth-order valence-electron chi connectivity index (χ4n) is 2.68.